The number of nitrogens with one attached hydrogen (secondary N) is 1. The first-order valence-corrected chi connectivity index (χ1v) is 9.51. The van der Waals surface area contributed by atoms with Gasteiger partial charge in [-0.2, -0.15) is 0 Å². The number of halogens is 2. The quantitative estimate of drug-likeness (QED) is 0.771. The molecule has 2 bridgehead atoms. The van der Waals surface area contributed by atoms with Crippen LogP contribution in [-0.2, 0) is 14.3 Å². The van der Waals surface area contributed by atoms with Crippen molar-refractivity contribution < 1.29 is 18.8 Å². The predicted molar refractivity (Wildman–Crippen MR) is 102 cm³/mol. The van der Waals surface area contributed by atoms with Gasteiger partial charge in [0, 0.05) is 11.8 Å². The molecule has 1 N–H and O–H groups in total. The Labute approximate surface area is 170 Å². The molecule has 1 spiro atoms. The van der Waals surface area contributed by atoms with Crippen LogP contribution < -0.4 is 10.2 Å². The van der Waals surface area contributed by atoms with Crippen LogP contribution in [0.1, 0.15) is 5.76 Å². The second-order valence-corrected chi connectivity index (χ2v) is 8.05. The van der Waals surface area contributed by atoms with Gasteiger partial charge in [0.1, 0.15) is 11.4 Å². The standard InChI is InChI=1S/C19H15Cl2N3O4/c1-9-6-14(23-28-9)24-8-19-5-4-13(27-19)15(16(19)18(24)26)17(25)22-10-2-3-11(20)12(21)7-10/h2-7,13,15-16H,8H2,1H3,(H,22,25)/t13-,15-,16+,19-/m1/s1. The van der Waals surface area contributed by atoms with Gasteiger partial charge in [0.05, 0.1) is 34.5 Å². The van der Waals surface area contributed by atoms with Gasteiger partial charge in [-0.05, 0) is 25.1 Å². The van der Waals surface area contributed by atoms with E-state index < -0.39 is 23.5 Å². The van der Waals surface area contributed by atoms with Crippen molar-refractivity contribution in [1.82, 2.24) is 5.16 Å². The van der Waals surface area contributed by atoms with Crippen molar-refractivity contribution in [2.45, 2.75) is 18.6 Å². The molecule has 0 radical (unpaired) electrons. The average Bonchev–Trinajstić information content (AvgIpc) is 3.39. The molecule has 4 heterocycles. The van der Waals surface area contributed by atoms with Crippen molar-refractivity contribution in [3.8, 4) is 0 Å². The number of carbonyl (C=O) groups is 2. The second kappa shape index (κ2) is 6.07. The molecule has 0 aliphatic carbocycles. The lowest BCUT2D eigenvalue weighted by atomic mass is 9.77. The molecule has 1 aromatic heterocycles. The van der Waals surface area contributed by atoms with Crippen molar-refractivity contribution >= 4 is 46.5 Å². The van der Waals surface area contributed by atoms with Gasteiger partial charge in [-0.25, -0.2) is 0 Å². The van der Waals surface area contributed by atoms with Crippen molar-refractivity contribution in [2.75, 3.05) is 16.8 Å². The van der Waals surface area contributed by atoms with E-state index in [2.05, 4.69) is 10.5 Å². The van der Waals surface area contributed by atoms with E-state index in [1.807, 2.05) is 12.2 Å². The SMILES string of the molecule is Cc1cc(N2C[C@@]34C=C[C@@H](O3)[C@@H](C(=O)Nc3ccc(Cl)c(Cl)c3)[C@H]4C2=O)no1. The molecule has 9 heteroatoms. The smallest absolute Gasteiger partial charge is 0.235 e. The van der Waals surface area contributed by atoms with Gasteiger partial charge < -0.3 is 14.6 Å². The largest absolute Gasteiger partial charge is 0.360 e. The molecule has 2 aromatic rings. The lowest BCUT2D eigenvalue weighted by Gasteiger charge is -2.23. The van der Waals surface area contributed by atoms with E-state index in [0.717, 1.165) is 0 Å². The molecule has 2 fully saturated rings. The monoisotopic (exact) mass is 419 g/mol. The van der Waals surface area contributed by atoms with E-state index in [1.54, 1.807) is 31.2 Å². The molecule has 1 aromatic carbocycles. The minimum Gasteiger partial charge on any atom is -0.360 e. The van der Waals surface area contributed by atoms with Crippen LogP contribution in [0.3, 0.4) is 0 Å². The Morgan fingerprint density at radius 2 is 2.14 bits per heavy atom. The first kappa shape index (κ1) is 17.7. The number of nitrogens with zero attached hydrogens (tertiary/aromatic N) is 2. The van der Waals surface area contributed by atoms with Crippen LogP contribution in [0.15, 0.2) is 40.9 Å². The van der Waals surface area contributed by atoms with E-state index in [-0.39, 0.29) is 11.8 Å². The molecule has 3 aliphatic heterocycles. The van der Waals surface area contributed by atoms with E-state index in [0.29, 0.717) is 33.9 Å². The Bertz CT molecular complexity index is 1040. The topological polar surface area (TPSA) is 84.7 Å². The molecular formula is C19H15Cl2N3O4. The van der Waals surface area contributed by atoms with Crippen LogP contribution in [0.25, 0.3) is 0 Å². The number of aryl methyl sites for hydroxylation is 1. The highest BCUT2D eigenvalue weighted by atomic mass is 35.5. The predicted octanol–water partition coefficient (Wildman–Crippen LogP) is 3.21. The second-order valence-electron chi connectivity index (χ2n) is 7.24. The summed E-state index contributed by atoms with van der Waals surface area (Å²) in [4.78, 5) is 27.7. The third kappa shape index (κ3) is 2.50. The van der Waals surface area contributed by atoms with Gasteiger partial charge in [0.25, 0.3) is 0 Å². The number of ether oxygens (including phenoxy) is 1. The number of fused-ring (bicyclic) bond motifs is 1. The van der Waals surface area contributed by atoms with Gasteiger partial charge >= 0.3 is 0 Å². The van der Waals surface area contributed by atoms with Gasteiger partial charge in [0.15, 0.2) is 5.82 Å². The summed E-state index contributed by atoms with van der Waals surface area (Å²) >= 11 is 11.9. The molecule has 7 nitrogen and oxygen atoms in total. The summed E-state index contributed by atoms with van der Waals surface area (Å²) in [5.41, 5.74) is -0.316. The average molecular weight is 420 g/mol. The van der Waals surface area contributed by atoms with E-state index in [9.17, 15) is 9.59 Å². The molecule has 4 atom stereocenters. The van der Waals surface area contributed by atoms with Crippen LogP contribution in [0, 0.1) is 18.8 Å². The highest BCUT2D eigenvalue weighted by molar-refractivity contribution is 6.42. The van der Waals surface area contributed by atoms with Gasteiger partial charge in [-0.1, -0.05) is 40.5 Å². The van der Waals surface area contributed by atoms with Crippen molar-refractivity contribution in [3.63, 3.8) is 0 Å². The number of anilines is 2. The van der Waals surface area contributed by atoms with Crippen LogP contribution in [0.5, 0.6) is 0 Å². The van der Waals surface area contributed by atoms with Crippen LogP contribution >= 0.6 is 23.2 Å². The lowest BCUT2D eigenvalue weighted by molar-refractivity contribution is -0.128. The fourth-order valence-electron chi connectivity index (χ4n) is 4.27. The van der Waals surface area contributed by atoms with Gasteiger partial charge in [0.2, 0.25) is 11.8 Å². The zero-order valence-corrected chi connectivity index (χ0v) is 16.2. The Morgan fingerprint density at radius 3 is 2.86 bits per heavy atom. The molecule has 2 amide bonds. The lowest BCUT2D eigenvalue weighted by Crippen LogP contribution is -2.41. The highest BCUT2D eigenvalue weighted by Gasteiger charge is 2.67. The van der Waals surface area contributed by atoms with Crippen LogP contribution in [-0.4, -0.2) is 35.2 Å². The zero-order chi connectivity index (χ0) is 19.6. The molecule has 0 saturated carbocycles. The van der Waals surface area contributed by atoms with E-state index >= 15 is 0 Å². The first-order chi connectivity index (χ1) is 13.4. The fourth-order valence-corrected chi connectivity index (χ4v) is 4.57. The summed E-state index contributed by atoms with van der Waals surface area (Å²) in [5.74, 6) is -0.741. The van der Waals surface area contributed by atoms with E-state index in [1.165, 1.54) is 4.90 Å². The third-order valence-corrected chi connectivity index (χ3v) is 6.22. The number of hydrogen-bond acceptors (Lipinski definition) is 5. The molecule has 3 aliphatic rings. The summed E-state index contributed by atoms with van der Waals surface area (Å²) in [6.07, 6.45) is 3.29. The third-order valence-electron chi connectivity index (χ3n) is 5.48. The number of benzene rings is 1. The van der Waals surface area contributed by atoms with Crippen molar-refractivity contribution in [3.05, 3.63) is 52.2 Å². The maximum absolute atomic E-state index is 13.2. The summed E-state index contributed by atoms with van der Waals surface area (Å²) in [6.45, 7) is 2.05. The van der Waals surface area contributed by atoms with Gasteiger partial charge in [-0.15, -0.1) is 0 Å². The molecule has 0 unspecified atom stereocenters. The fraction of sp³-hybridized carbons (Fsp3) is 0.316. The maximum atomic E-state index is 13.2. The minimum absolute atomic E-state index is 0.200. The first-order valence-electron chi connectivity index (χ1n) is 8.76. The summed E-state index contributed by atoms with van der Waals surface area (Å²) in [6, 6.07) is 6.53. The molecule has 2 saturated heterocycles. The van der Waals surface area contributed by atoms with Crippen molar-refractivity contribution in [2.24, 2.45) is 11.8 Å². The Kier molecular flexibility index (Phi) is 3.84. The molecular weight excluding hydrogens is 405 g/mol. The molecule has 28 heavy (non-hydrogen) atoms. The Balaban J connectivity index is 1.43. The zero-order valence-electron chi connectivity index (χ0n) is 14.7. The summed E-state index contributed by atoms with van der Waals surface area (Å²) < 4.78 is 11.2. The van der Waals surface area contributed by atoms with Gasteiger partial charge in [-0.3, -0.25) is 14.5 Å². The number of rotatable bonds is 3. The minimum atomic E-state index is -0.825. The Hall–Kier alpha value is -2.35. The van der Waals surface area contributed by atoms with Crippen LogP contribution in [0.4, 0.5) is 11.5 Å². The summed E-state index contributed by atoms with van der Waals surface area (Å²) in [7, 11) is 0. The number of amides is 2. The molecule has 5 rings (SSSR count). The van der Waals surface area contributed by atoms with Crippen molar-refractivity contribution in [1.29, 1.82) is 0 Å². The number of carbonyl (C=O) groups excluding carboxylic acids is 2. The normalized spacial score (nSPS) is 30.2. The Morgan fingerprint density at radius 1 is 1.32 bits per heavy atom. The maximum Gasteiger partial charge on any atom is 0.235 e. The number of aromatic nitrogens is 1. The van der Waals surface area contributed by atoms with Crippen LogP contribution in [0.2, 0.25) is 10.0 Å². The summed E-state index contributed by atoms with van der Waals surface area (Å²) in [5, 5.41) is 7.49. The molecule has 144 valence electrons. The number of hydrogen-bond donors (Lipinski definition) is 1. The van der Waals surface area contributed by atoms with E-state index in [4.69, 9.17) is 32.5 Å². The highest BCUT2D eigenvalue weighted by Crippen LogP contribution is 2.52.